The summed E-state index contributed by atoms with van der Waals surface area (Å²) in [6, 6.07) is 7.71. The van der Waals surface area contributed by atoms with E-state index in [1.165, 1.54) is 0 Å². The van der Waals surface area contributed by atoms with Crippen LogP contribution in [0.4, 0.5) is 10.5 Å². The molecule has 1 aromatic rings. The lowest BCUT2D eigenvalue weighted by molar-refractivity contribution is -0.140. The zero-order valence-corrected chi connectivity index (χ0v) is 25.3. The summed E-state index contributed by atoms with van der Waals surface area (Å²) in [6.07, 6.45) is 8.35. The van der Waals surface area contributed by atoms with Gasteiger partial charge in [0.2, 0.25) is 21.8 Å². The molecule has 232 valence electrons. The lowest BCUT2D eigenvalue weighted by Crippen LogP contribution is -2.54. The van der Waals surface area contributed by atoms with Gasteiger partial charge in [0.15, 0.2) is 0 Å². The Hall–Kier alpha value is -3.41. The Morgan fingerprint density at radius 3 is 2.60 bits per heavy atom. The number of benzene rings is 1. The molecule has 6 rings (SSSR count). The van der Waals surface area contributed by atoms with E-state index < -0.39 is 56.7 Å². The molecule has 5 aliphatic rings. The van der Waals surface area contributed by atoms with Crippen molar-refractivity contribution in [2.75, 3.05) is 25.0 Å². The number of sulfonamides is 1. The van der Waals surface area contributed by atoms with Crippen LogP contribution >= 0.6 is 0 Å². The number of carbonyl (C=O) groups is 4. The van der Waals surface area contributed by atoms with Gasteiger partial charge >= 0.3 is 6.09 Å². The van der Waals surface area contributed by atoms with Crippen LogP contribution in [0.3, 0.4) is 0 Å². The third kappa shape index (κ3) is 6.03. The van der Waals surface area contributed by atoms with Crippen LogP contribution in [0.25, 0.3) is 0 Å². The quantitative estimate of drug-likeness (QED) is 0.498. The van der Waals surface area contributed by atoms with Gasteiger partial charge in [-0.2, -0.15) is 0 Å². The van der Waals surface area contributed by atoms with Gasteiger partial charge < -0.3 is 15.0 Å². The molecule has 5 unspecified atom stereocenters. The van der Waals surface area contributed by atoms with Crippen LogP contribution in [0.15, 0.2) is 36.4 Å². The lowest BCUT2D eigenvalue weighted by Gasteiger charge is -2.29. The fraction of sp³-hybridized carbons (Fsp3) is 0.613. The summed E-state index contributed by atoms with van der Waals surface area (Å²) >= 11 is 0. The van der Waals surface area contributed by atoms with Crippen molar-refractivity contribution in [3.8, 4) is 0 Å². The summed E-state index contributed by atoms with van der Waals surface area (Å²) in [6.45, 7) is 1.06. The highest BCUT2D eigenvalue weighted by Crippen LogP contribution is 2.47. The summed E-state index contributed by atoms with van der Waals surface area (Å²) in [4.78, 5) is 57.5. The number of aryl methyl sites for hydroxylation is 1. The van der Waals surface area contributed by atoms with Crippen molar-refractivity contribution >= 4 is 39.5 Å². The summed E-state index contributed by atoms with van der Waals surface area (Å²) in [5, 5.41) is 2.29. The number of amides is 4. The molecule has 0 radical (unpaired) electrons. The number of ether oxygens (including phenoxy) is 1. The number of rotatable bonds is 4. The van der Waals surface area contributed by atoms with Crippen molar-refractivity contribution in [1.29, 1.82) is 0 Å². The number of fused-ring (bicyclic) bond motifs is 3. The minimum Gasteiger partial charge on any atom is -0.446 e. The summed E-state index contributed by atoms with van der Waals surface area (Å²) in [5.74, 6) is -3.35. The summed E-state index contributed by atoms with van der Waals surface area (Å²) in [7, 11) is -2.09. The first kappa shape index (κ1) is 29.7. The van der Waals surface area contributed by atoms with Crippen LogP contribution in [-0.2, 0) is 35.6 Å². The van der Waals surface area contributed by atoms with Gasteiger partial charge in [-0.3, -0.25) is 24.0 Å². The van der Waals surface area contributed by atoms with Gasteiger partial charge in [0, 0.05) is 26.1 Å². The molecule has 0 spiro atoms. The molecule has 0 bridgehead atoms. The van der Waals surface area contributed by atoms with Crippen molar-refractivity contribution in [2.45, 2.75) is 81.1 Å². The van der Waals surface area contributed by atoms with E-state index in [9.17, 15) is 27.6 Å². The molecule has 2 aliphatic heterocycles. The monoisotopic (exact) mass is 612 g/mol. The van der Waals surface area contributed by atoms with Gasteiger partial charge in [-0.15, -0.1) is 0 Å². The summed E-state index contributed by atoms with van der Waals surface area (Å²) < 4.78 is 33.4. The van der Waals surface area contributed by atoms with Gasteiger partial charge in [-0.05, 0) is 75.8 Å². The zero-order valence-electron chi connectivity index (χ0n) is 24.5. The number of para-hydroxylation sites is 1. The molecule has 2 N–H and O–H groups in total. The Morgan fingerprint density at radius 1 is 1.05 bits per heavy atom. The normalized spacial score (nSPS) is 31.9. The third-order valence-electron chi connectivity index (χ3n) is 9.59. The Bertz CT molecular complexity index is 1440. The molecule has 0 aromatic heterocycles. The number of allylic oxidation sites excluding steroid dienone is 1. The lowest BCUT2D eigenvalue weighted by atomic mass is 9.93. The second-order valence-corrected chi connectivity index (χ2v) is 14.7. The van der Waals surface area contributed by atoms with Crippen molar-refractivity contribution in [3.05, 3.63) is 42.0 Å². The predicted octanol–water partition coefficient (Wildman–Crippen LogP) is 2.65. The number of carbonyl (C=O) groups excluding carboxylic acids is 4. The van der Waals surface area contributed by atoms with E-state index in [2.05, 4.69) is 10.0 Å². The molecule has 5 atom stereocenters. The molecule has 0 saturated heterocycles. The first-order valence-electron chi connectivity index (χ1n) is 15.4. The number of nitrogens with zero attached hydrogens (tertiary/aromatic N) is 2. The average molecular weight is 613 g/mol. The number of hydrogen-bond acceptors (Lipinski definition) is 7. The van der Waals surface area contributed by atoms with Crippen molar-refractivity contribution in [1.82, 2.24) is 14.9 Å². The van der Waals surface area contributed by atoms with Gasteiger partial charge in [0.05, 0.1) is 22.8 Å². The first-order valence-corrected chi connectivity index (χ1v) is 17.0. The van der Waals surface area contributed by atoms with Gasteiger partial charge in [0.25, 0.3) is 5.91 Å². The van der Waals surface area contributed by atoms with Crippen LogP contribution < -0.4 is 14.9 Å². The molecular weight excluding hydrogens is 572 g/mol. The fourth-order valence-corrected chi connectivity index (χ4v) is 8.18. The molecule has 3 fully saturated rings. The van der Waals surface area contributed by atoms with E-state index in [-0.39, 0.29) is 31.1 Å². The Kier molecular flexibility index (Phi) is 7.99. The molecule has 43 heavy (non-hydrogen) atoms. The van der Waals surface area contributed by atoms with Crippen molar-refractivity contribution < 1.29 is 32.3 Å². The van der Waals surface area contributed by atoms with E-state index >= 15 is 0 Å². The number of hydrogen-bond donors (Lipinski definition) is 2. The molecule has 1 aromatic carbocycles. The maximum Gasteiger partial charge on any atom is 0.414 e. The fourth-order valence-electron chi connectivity index (χ4n) is 6.82. The smallest absolute Gasteiger partial charge is 0.414 e. The second-order valence-electron chi connectivity index (χ2n) is 12.7. The zero-order chi connectivity index (χ0) is 30.4. The highest BCUT2D eigenvalue weighted by atomic mass is 32.2. The van der Waals surface area contributed by atoms with Gasteiger partial charge in [-0.25, -0.2) is 13.2 Å². The Morgan fingerprint density at radius 2 is 1.81 bits per heavy atom. The van der Waals surface area contributed by atoms with Gasteiger partial charge in [0.1, 0.15) is 11.6 Å². The van der Waals surface area contributed by atoms with Crippen molar-refractivity contribution in [3.63, 3.8) is 0 Å². The Balaban J connectivity index is 1.22. The third-order valence-corrected chi connectivity index (χ3v) is 11.4. The number of nitrogens with one attached hydrogen (secondary N) is 2. The molecule has 2 heterocycles. The van der Waals surface area contributed by atoms with Crippen LogP contribution in [0.2, 0.25) is 0 Å². The minimum atomic E-state index is -3.81. The highest BCUT2D eigenvalue weighted by molar-refractivity contribution is 7.91. The first-order chi connectivity index (χ1) is 20.6. The van der Waals surface area contributed by atoms with E-state index in [4.69, 9.17) is 4.74 Å². The van der Waals surface area contributed by atoms with E-state index in [0.717, 1.165) is 43.4 Å². The summed E-state index contributed by atoms with van der Waals surface area (Å²) in [5.41, 5.74) is 0.485. The molecular formula is C31H40N4O7S. The van der Waals surface area contributed by atoms with E-state index in [1.807, 2.05) is 36.4 Å². The van der Waals surface area contributed by atoms with Crippen molar-refractivity contribution in [2.24, 2.45) is 17.8 Å². The van der Waals surface area contributed by atoms with Gasteiger partial charge in [-0.1, -0.05) is 30.4 Å². The van der Waals surface area contributed by atoms with Crippen LogP contribution in [0, 0.1) is 17.8 Å². The standard InChI is InChI=1S/C31H40N4O7S/c1-34-15-7-3-2-4-11-21-19-31(21,29(38)33-43(40,41)23-13-14-23)32-27(36)24-17-22(18-25(24)28(34)37)42-30(39)35-16-8-10-20-9-5-6-12-26(20)35/h4-6,9,11-12,21-25H,2-3,7-8,10,13-19H2,1H3,(H,32,36)(H,33,38)/b11-4-. The largest absolute Gasteiger partial charge is 0.446 e. The molecule has 11 nitrogen and oxygen atoms in total. The predicted molar refractivity (Wildman–Crippen MR) is 158 cm³/mol. The minimum absolute atomic E-state index is 0.135. The SMILES string of the molecule is CN1CCCC/C=C\C2CC2(C(=O)NS(=O)(=O)C2CC2)NC(=O)C2CC(OC(=O)N3CCCc4ccccc43)CC2C1=O. The van der Waals surface area contributed by atoms with E-state index in [0.29, 0.717) is 25.9 Å². The molecule has 12 heteroatoms. The second kappa shape index (κ2) is 11.6. The topological polar surface area (TPSA) is 142 Å². The van der Waals surface area contributed by atoms with Crippen LogP contribution in [-0.4, -0.2) is 74.2 Å². The Labute approximate surface area is 252 Å². The molecule has 3 saturated carbocycles. The van der Waals surface area contributed by atoms with Crippen LogP contribution in [0.1, 0.15) is 63.4 Å². The maximum atomic E-state index is 13.9. The number of anilines is 1. The molecule has 3 aliphatic carbocycles. The van der Waals surface area contributed by atoms with Crippen LogP contribution in [0.5, 0.6) is 0 Å². The van der Waals surface area contributed by atoms with E-state index in [1.54, 1.807) is 16.8 Å². The average Bonchev–Trinajstić information content (AvgIpc) is 3.91. The highest BCUT2D eigenvalue weighted by Gasteiger charge is 2.62. The maximum absolute atomic E-state index is 13.9. The molecule has 4 amide bonds.